The number of ketones is 1. The summed E-state index contributed by atoms with van der Waals surface area (Å²) in [5.41, 5.74) is 1.59. The first kappa shape index (κ1) is 14.4. The highest BCUT2D eigenvalue weighted by atomic mass is 35.5. The summed E-state index contributed by atoms with van der Waals surface area (Å²) < 4.78 is 0. The summed E-state index contributed by atoms with van der Waals surface area (Å²) in [6.45, 7) is 0. The number of carbonyl (C=O) groups excluding carboxylic acids is 1. The highest BCUT2D eigenvalue weighted by Crippen LogP contribution is 2.23. The number of aliphatic hydroxyl groups excluding tert-OH is 1. The van der Waals surface area contributed by atoms with Gasteiger partial charge in [-0.25, -0.2) is 0 Å². The molecule has 2 rings (SSSR count). The van der Waals surface area contributed by atoms with Gasteiger partial charge in [-0.3, -0.25) is 4.79 Å². The number of oxime groups is 1. The third-order valence-corrected chi connectivity index (χ3v) is 2.89. The molecule has 1 aliphatic carbocycles. The van der Waals surface area contributed by atoms with Crippen molar-refractivity contribution >= 4 is 35.7 Å². The van der Waals surface area contributed by atoms with Crippen molar-refractivity contribution in [2.24, 2.45) is 5.16 Å². The quantitative estimate of drug-likeness (QED) is 0.388. The van der Waals surface area contributed by atoms with Gasteiger partial charge in [-0.05, 0) is 18.2 Å². The molecule has 1 aliphatic rings. The van der Waals surface area contributed by atoms with E-state index in [1.54, 1.807) is 24.3 Å². The standard InChI is InChI=1S/C14H10ClNO3S/c15-11-8-12(16-19-7-3-6-13(17)20)9-4-1-2-5-10(9)14(11)18/h1-8,17,20H/b7-3+,13-6-,16-12+. The number of thiol groups is 1. The van der Waals surface area contributed by atoms with E-state index in [4.69, 9.17) is 21.5 Å². The van der Waals surface area contributed by atoms with Crippen LogP contribution in [0.4, 0.5) is 0 Å². The highest BCUT2D eigenvalue weighted by molar-refractivity contribution is 7.84. The molecule has 1 aromatic carbocycles. The van der Waals surface area contributed by atoms with Crippen LogP contribution in [0.25, 0.3) is 0 Å². The average Bonchev–Trinajstić information content (AvgIpc) is 2.43. The van der Waals surface area contributed by atoms with Gasteiger partial charge in [0, 0.05) is 11.1 Å². The summed E-state index contributed by atoms with van der Waals surface area (Å²) in [4.78, 5) is 16.8. The number of carbonyl (C=O) groups is 1. The monoisotopic (exact) mass is 307 g/mol. The second-order valence-electron chi connectivity index (χ2n) is 3.80. The molecule has 0 heterocycles. The van der Waals surface area contributed by atoms with E-state index in [9.17, 15) is 4.79 Å². The molecule has 0 aliphatic heterocycles. The van der Waals surface area contributed by atoms with Crippen LogP contribution in [0.2, 0.25) is 0 Å². The first-order chi connectivity index (χ1) is 9.59. The lowest BCUT2D eigenvalue weighted by molar-refractivity contribution is 0.104. The number of halogens is 1. The van der Waals surface area contributed by atoms with Gasteiger partial charge in [0.05, 0.1) is 5.03 Å². The van der Waals surface area contributed by atoms with Gasteiger partial charge >= 0.3 is 0 Å². The van der Waals surface area contributed by atoms with E-state index in [-0.39, 0.29) is 15.9 Å². The summed E-state index contributed by atoms with van der Waals surface area (Å²) in [5, 5.41) is 12.6. The van der Waals surface area contributed by atoms with Crippen LogP contribution in [-0.2, 0) is 4.84 Å². The van der Waals surface area contributed by atoms with Gasteiger partial charge in [-0.1, -0.05) is 41.0 Å². The van der Waals surface area contributed by atoms with Crippen LogP contribution >= 0.6 is 24.2 Å². The largest absolute Gasteiger partial charge is 0.502 e. The van der Waals surface area contributed by atoms with Crippen molar-refractivity contribution in [3.8, 4) is 0 Å². The number of nitrogens with zero attached hydrogens (tertiary/aromatic N) is 1. The Morgan fingerprint density at radius 3 is 2.75 bits per heavy atom. The number of hydrogen-bond acceptors (Lipinski definition) is 5. The molecule has 1 aromatic rings. The summed E-state index contributed by atoms with van der Waals surface area (Å²) in [5.74, 6) is -0.236. The molecule has 0 unspecified atom stereocenters. The van der Waals surface area contributed by atoms with Gasteiger partial charge in [0.15, 0.2) is 0 Å². The number of Topliss-reactive ketones (excluding diaryl/α,β-unsaturated/α-hetero) is 1. The zero-order chi connectivity index (χ0) is 14.5. The molecule has 6 heteroatoms. The molecule has 20 heavy (non-hydrogen) atoms. The van der Waals surface area contributed by atoms with Gasteiger partial charge in [-0.15, -0.1) is 12.6 Å². The summed E-state index contributed by atoms with van der Waals surface area (Å²) in [7, 11) is 0. The lowest BCUT2D eigenvalue weighted by atomic mass is 9.94. The van der Waals surface area contributed by atoms with E-state index in [0.29, 0.717) is 16.8 Å². The second kappa shape index (κ2) is 6.45. The molecule has 0 fully saturated rings. The molecule has 0 bridgehead atoms. The first-order valence-electron chi connectivity index (χ1n) is 5.59. The van der Waals surface area contributed by atoms with Crippen LogP contribution in [-0.4, -0.2) is 16.6 Å². The maximum absolute atomic E-state index is 11.9. The molecular formula is C14H10ClNO3S. The maximum atomic E-state index is 11.9. The van der Waals surface area contributed by atoms with Gasteiger partial charge in [-0.2, -0.15) is 0 Å². The fourth-order valence-corrected chi connectivity index (χ4v) is 1.91. The summed E-state index contributed by atoms with van der Waals surface area (Å²) in [6, 6.07) is 7.00. The average molecular weight is 308 g/mol. The molecule has 0 spiro atoms. The van der Waals surface area contributed by atoms with Crippen LogP contribution in [0.3, 0.4) is 0 Å². The fraction of sp³-hybridized carbons (Fsp3) is 0. The van der Waals surface area contributed by atoms with Crippen molar-refractivity contribution in [2.75, 3.05) is 0 Å². The number of allylic oxidation sites excluding steroid dienone is 4. The molecule has 0 saturated heterocycles. The molecule has 0 atom stereocenters. The number of fused-ring (bicyclic) bond motifs is 1. The number of benzene rings is 1. The first-order valence-corrected chi connectivity index (χ1v) is 6.42. The van der Waals surface area contributed by atoms with Crippen molar-refractivity contribution in [3.05, 3.63) is 70.0 Å². The minimum Gasteiger partial charge on any atom is -0.502 e. The third-order valence-electron chi connectivity index (χ3n) is 2.46. The van der Waals surface area contributed by atoms with Crippen molar-refractivity contribution in [3.63, 3.8) is 0 Å². The molecule has 0 amide bonds. The Bertz CT molecular complexity index is 658. The van der Waals surface area contributed by atoms with Crippen LogP contribution in [0.5, 0.6) is 0 Å². The Morgan fingerprint density at radius 2 is 2.05 bits per heavy atom. The van der Waals surface area contributed by atoms with Crippen LogP contribution in [0, 0.1) is 0 Å². The molecule has 4 nitrogen and oxygen atoms in total. The Kier molecular flexibility index (Phi) is 4.65. The van der Waals surface area contributed by atoms with Gasteiger partial charge < -0.3 is 9.94 Å². The lowest BCUT2D eigenvalue weighted by Crippen LogP contribution is -2.15. The number of aliphatic hydroxyl groups is 1. The minimum absolute atomic E-state index is 0.0860. The predicted octanol–water partition coefficient (Wildman–Crippen LogP) is 3.57. The Hall–Kier alpha value is -1.98. The van der Waals surface area contributed by atoms with E-state index >= 15 is 0 Å². The second-order valence-corrected chi connectivity index (χ2v) is 4.67. The Balaban J connectivity index is 2.25. The smallest absolute Gasteiger partial charge is 0.205 e. The SMILES string of the molecule is O=C1C(Cl)=C/C(=N\O/C=C/C=C(/O)S)c2ccccc21. The van der Waals surface area contributed by atoms with Gasteiger partial charge in [0.2, 0.25) is 5.78 Å². The van der Waals surface area contributed by atoms with E-state index in [1.807, 2.05) is 0 Å². The van der Waals surface area contributed by atoms with E-state index < -0.39 is 0 Å². The third kappa shape index (κ3) is 3.31. The van der Waals surface area contributed by atoms with E-state index in [0.717, 1.165) is 0 Å². The number of hydrogen-bond donors (Lipinski definition) is 2. The van der Waals surface area contributed by atoms with Gasteiger partial charge in [0.1, 0.15) is 17.1 Å². The van der Waals surface area contributed by atoms with Crippen LogP contribution in [0.1, 0.15) is 15.9 Å². The molecule has 102 valence electrons. The highest BCUT2D eigenvalue weighted by Gasteiger charge is 2.22. The van der Waals surface area contributed by atoms with Gasteiger partial charge in [0.25, 0.3) is 0 Å². The normalized spacial score (nSPS) is 17.3. The lowest BCUT2D eigenvalue weighted by Gasteiger charge is -2.12. The summed E-state index contributed by atoms with van der Waals surface area (Å²) >= 11 is 9.55. The minimum atomic E-state index is -0.236. The van der Waals surface area contributed by atoms with Crippen molar-refractivity contribution in [1.29, 1.82) is 0 Å². The zero-order valence-corrected chi connectivity index (χ0v) is 11.8. The zero-order valence-electron chi connectivity index (χ0n) is 10.2. The predicted molar refractivity (Wildman–Crippen MR) is 81.2 cm³/mol. The number of rotatable bonds is 3. The molecule has 1 N–H and O–H groups in total. The Morgan fingerprint density at radius 1 is 1.35 bits per heavy atom. The van der Waals surface area contributed by atoms with Crippen molar-refractivity contribution < 1.29 is 14.7 Å². The summed E-state index contributed by atoms with van der Waals surface area (Å²) in [6.07, 6.45) is 5.47. The van der Waals surface area contributed by atoms with E-state index in [1.165, 1.54) is 24.5 Å². The maximum Gasteiger partial charge on any atom is 0.205 e. The molecule has 0 aromatic heterocycles. The van der Waals surface area contributed by atoms with Crippen LogP contribution in [0.15, 0.2) is 64.0 Å². The molecule has 0 saturated carbocycles. The van der Waals surface area contributed by atoms with E-state index in [2.05, 4.69) is 17.8 Å². The Labute approximate surface area is 126 Å². The topological polar surface area (TPSA) is 58.9 Å². The fourth-order valence-electron chi connectivity index (χ4n) is 1.62. The van der Waals surface area contributed by atoms with Crippen molar-refractivity contribution in [2.45, 2.75) is 0 Å². The molecular weight excluding hydrogens is 298 g/mol. The molecule has 0 radical (unpaired) electrons. The van der Waals surface area contributed by atoms with Crippen LogP contribution < -0.4 is 0 Å². The van der Waals surface area contributed by atoms with Crippen molar-refractivity contribution in [1.82, 2.24) is 0 Å².